The Bertz CT molecular complexity index is 623. The third-order valence-electron chi connectivity index (χ3n) is 2.93. The number of rotatable bonds is 5. The molecule has 0 aliphatic carbocycles. The van der Waals surface area contributed by atoms with Crippen molar-refractivity contribution in [1.29, 1.82) is 0 Å². The van der Waals surface area contributed by atoms with E-state index in [1.807, 2.05) is 24.3 Å². The second-order valence-corrected chi connectivity index (χ2v) is 5.17. The Morgan fingerprint density at radius 2 is 1.71 bits per heavy atom. The first-order valence-corrected chi connectivity index (χ1v) is 7.07. The third kappa shape index (κ3) is 3.98. The van der Waals surface area contributed by atoms with Gasteiger partial charge < -0.3 is 14.2 Å². The molecule has 0 atom stereocenters. The largest absolute Gasteiger partial charge is 0.497 e. The van der Waals surface area contributed by atoms with Gasteiger partial charge in [0.25, 0.3) is 0 Å². The maximum absolute atomic E-state index is 11.8. The summed E-state index contributed by atoms with van der Waals surface area (Å²) in [7, 11) is 2.93. The topological polar surface area (TPSA) is 44.8 Å². The van der Waals surface area contributed by atoms with E-state index in [0.29, 0.717) is 16.9 Å². The van der Waals surface area contributed by atoms with Crippen LogP contribution in [0.4, 0.5) is 0 Å². The number of benzene rings is 2. The molecule has 0 saturated carbocycles. The van der Waals surface area contributed by atoms with Crippen molar-refractivity contribution in [1.82, 2.24) is 0 Å². The van der Waals surface area contributed by atoms with Crippen LogP contribution in [0.25, 0.3) is 0 Å². The Labute approximate surface area is 131 Å². The standard InChI is InChI=1S/C16H15BrO4/c1-19-14-7-8-15(16(18)20-2)11(9-14)10-21-13-5-3-12(17)4-6-13/h3-9H,10H2,1-2H3. The summed E-state index contributed by atoms with van der Waals surface area (Å²) in [5.74, 6) is 0.987. The first-order chi connectivity index (χ1) is 10.1. The number of methoxy groups -OCH3 is 2. The number of esters is 1. The summed E-state index contributed by atoms with van der Waals surface area (Å²) in [5, 5.41) is 0. The van der Waals surface area contributed by atoms with Crippen LogP contribution in [0, 0.1) is 0 Å². The van der Waals surface area contributed by atoms with Gasteiger partial charge in [0.05, 0.1) is 19.8 Å². The molecule has 2 aromatic rings. The van der Waals surface area contributed by atoms with Crippen molar-refractivity contribution < 1.29 is 19.0 Å². The Kier molecular flexibility index (Phi) is 5.22. The van der Waals surface area contributed by atoms with Crippen molar-refractivity contribution in [2.24, 2.45) is 0 Å². The summed E-state index contributed by atoms with van der Waals surface area (Å²) < 4.78 is 16.6. The molecular formula is C16H15BrO4. The van der Waals surface area contributed by atoms with Crippen LogP contribution < -0.4 is 9.47 Å². The van der Waals surface area contributed by atoms with Crippen LogP contribution >= 0.6 is 15.9 Å². The number of hydrogen-bond donors (Lipinski definition) is 0. The normalized spacial score (nSPS) is 10.0. The fourth-order valence-electron chi connectivity index (χ4n) is 1.82. The zero-order valence-electron chi connectivity index (χ0n) is 11.8. The van der Waals surface area contributed by atoms with Crippen LogP contribution in [-0.4, -0.2) is 20.2 Å². The maximum atomic E-state index is 11.8. The second-order valence-electron chi connectivity index (χ2n) is 4.26. The number of carbonyl (C=O) groups excluding carboxylic acids is 1. The summed E-state index contributed by atoms with van der Waals surface area (Å²) in [4.78, 5) is 11.8. The molecule has 2 aromatic carbocycles. The molecule has 0 N–H and O–H groups in total. The van der Waals surface area contributed by atoms with Crippen molar-refractivity contribution in [3.05, 3.63) is 58.1 Å². The zero-order chi connectivity index (χ0) is 15.2. The number of halogens is 1. The van der Waals surface area contributed by atoms with Gasteiger partial charge in [-0.25, -0.2) is 4.79 Å². The second kappa shape index (κ2) is 7.13. The lowest BCUT2D eigenvalue weighted by atomic mass is 10.1. The summed E-state index contributed by atoms with van der Waals surface area (Å²) in [6, 6.07) is 12.6. The molecule has 0 fully saturated rings. The average molecular weight is 351 g/mol. The molecule has 0 heterocycles. The number of ether oxygens (including phenoxy) is 3. The smallest absolute Gasteiger partial charge is 0.338 e. The number of carbonyl (C=O) groups is 1. The van der Waals surface area contributed by atoms with Gasteiger partial charge in [-0.05, 0) is 42.5 Å². The highest BCUT2D eigenvalue weighted by molar-refractivity contribution is 9.10. The van der Waals surface area contributed by atoms with Gasteiger partial charge in [0.2, 0.25) is 0 Å². The van der Waals surface area contributed by atoms with Gasteiger partial charge in [-0.15, -0.1) is 0 Å². The molecular weight excluding hydrogens is 336 g/mol. The third-order valence-corrected chi connectivity index (χ3v) is 3.45. The van der Waals surface area contributed by atoms with E-state index in [-0.39, 0.29) is 6.61 Å². The van der Waals surface area contributed by atoms with E-state index in [4.69, 9.17) is 14.2 Å². The van der Waals surface area contributed by atoms with Crippen LogP contribution in [0.2, 0.25) is 0 Å². The summed E-state index contributed by atoms with van der Waals surface area (Å²) in [5.41, 5.74) is 1.18. The van der Waals surface area contributed by atoms with E-state index in [0.717, 1.165) is 10.2 Å². The lowest BCUT2D eigenvalue weighted by Gasteiger charge is -2.11. The van der Waals surface area contributed by atoms with Crippen molar-refractivity contribution in [2.45, 2.75) is 6.61 Å². The first kappa shape index (κ1) is 15.4. The maximum Gasteiger partial charge on any atom is 0.338 e. The molecule has 0 aliphatic rings. The van der Waals surface area contributed by atoms with E-state index >= 15 is 0 Å². The molecule has 0 aromatic heterocycles. The minimum atomic E-state index is -0.396. The van der Waals surface area contributed by atoms with Gasteiger partial charge in [0, 0.05) is 10.0 Å². The fourth-order valence-corrected chi connectivity index (χ4v) is 2.08. The highest BCUT2D eigenvalue weighted by Crippen LogP contribution is 2.22. The summed E-state index contributed by atoms with van der Waals surface area (Å²) in [6.45, 7) is 0.253. The Morgan fingerprint density at radius 1 is 1.05 bits per heavy atom. The molecule has 5 heteroatoms. The van der Waals surface area contributed by atoms with Gasteiger partial charge >= 0.3 is 5.97 Å². The molecule has 21 heavy (non-hydrogen) atoms. The minimum absolute atomic E-state index is 0.253. The van der Waals surface area contributed by atoms with Crippen molar-refractivity contribution in [3.63, 3.8) is 0 Å². The van der Waals surface area contributed by atoms with E-state index < -0.39 is 5.97 Å². The molecule has 0 amide bonds. The van der Waals surface area contributed by atoms with Crippen molar-refractivity contribution in [3.8, 4) is 11.5 Å². The molecule has 0 radical (unpaired) electrons. The minimum Gasteiger partial charge on any atom is -0.497 e. The van der Waals surface area contributed by atoms with E-state index in [1.165, 1.54) is 7.11 Å². The SMILES string of the molecule is COC(=O)c1ccc(OC)cc1COc1ccc(Br)cc1. The molecule has 0 saturated heterocycles. The van der Waals surface area contributed by atoms with E-state index in [1.54, 1.807) is 25.3 Å². The molecule has 2 rings (SSSR count). The molecule has 0 bridgehead atoms. The first-order valence-electron chi connectivity index (χ1n) is 6.27. The van der Waals surface area contributed by atoms with E-state index in [9.17, 15) is 4.79 Å². The predicted octanol–water partition coefficient (Wildman–Crippen LogP) is 3.82. The fraction of sp³-hybridized carbons (Fsp3) is 0.188. The molecule has 0 unspecified atom stereocenters. The predicted molar refractivity (Wildman–Crippen MR) is 82.8 cm³/mol. The Morgan fingerprint density at radius 3 is 2.33 bits per heavy atom. The summed E-state index contributed by atoms with van der Waals surface area (Å²) >= 11 is 3.37. The average Bonchev–Trinajstić information content (AvgIpc) is 2.53. The molecule has 0 aliphatic heterocycles. The Hall–Kier alpha value is -2.01. The van der Waals surface area contributed by atoms with Gasteiger partial charge in [-0.2, -0.15) is 0 Å². The zero-order valence-corrected chi connectivity index (χ0v) is 13.3. The van der Waals surface area contributed by atoms with E-state index in [2.05, 4.69) is 15.9 Å². The molecule has 0 spiro atoms. The van der Waals surface area contributed by atoms with Crippen LogP contribution in [0.15, 0.2) is 46.9 Å². The van der Waals surface area contributed by atoms with Gasteiger partial charge in [0.15, 0.2) is 0 Å². The van der Waals surface area contributed by atoms with Crippen molar-refractivity contribution in [2.75, 3.05) is 14.2 Å². The quantitative estimate of drug-likeness (QED) is 0.769. The monoisotopic (exact) mass is 350 g/mol. The van der Waals surface area contributed by atoms with Crippen LogP contribution in [0.3, 0.4) is 0 Å². The van der Waals surface area contributed by atoms with Gasteiger partial charge in [-0.1, -0.05) is 15.9 Å². The highest BCUT2D eigenvalue weighted by Gasteiger charge is 2.13. The molecule has 110 valence electrons. The van der Waals surface area contributed by atoms with Crippen LogP contribution in [0.1, 0.15) is 15.9 Å². The van der Waals surface area contributed by atoms with Crippen molar-refractivity contribution >= 4 is 21.9 Å². The lowest BCUT2D eigenvalue weighted by Crippen LogP contribution is -2.08. The highest BCUT2D eigenvalue weighted by atomic mass is 79.9. The van der Waals surface area contributed by atoms with Crippen LogP contribution in [0.5, 0.6) is 11.5 Å². The summed E-state index contributed by atoms with van der Waals surface area (Å²) in [6.07, 6.45) is 0. The Balaban J connectivity index is 2.20. The number of hydrogen-bond acceptors (Lipinski definition) is 4. The van der Waals surface area contributed by atoms with Crippen LogP contribution in [-0.2, 0) is 11.3 Å². The molecule has 4 nitrogen and oxygen atoms in total. The van der Waals surface area contributed by atoms with Gasteiger partial charge in [0.1, 0.15) is 18.1 Å². The lowest BCUT2D eigenvalue weighted by molar-refractivity contribution is 0.0597. The van der Waals surface area contributed by atoms with Gasteiger partial charge in [-0.3, -0.25) is 0 Å².